The van der Waals surface area contributed by atoms with Crippen molar-refractivity contribution in [3.8, 4) is 0 Å². The van der Waals surface area contributed by atoms with E-state index in [1.807, 2.05) is 14.5 Å². The van der Waals surface area contributed by atoms with Crippen LogP contribution in [0.25, 0.3) is 0 Å². The Bertz CT molecular complexity index is 393. The van der Waals surface area contributed by atoms with Gasteiger partial charge in [0, 0.05) is 0 Å². The minimum Gasteiger partial charge on any atom is -0.241 e. The predicted octanol–water partition coefficient (Wildman–Crippen LogP) is 4.33. The summed E-state index contributed by atoms with van der Waals surface area (Å²) in [6.07, 6.45) is -23.1. The fourth-order valence-corrected chi connectivity index (χ4v) is 0.625. The van der Waals surface area contributed by atoms with Gasteiger partial charge in [-0.3, -0.25) is 0 Å². The molecule has 0 amide bonds. The quantitative estimate of drug-likeness (QED) is 0.320. The number of hydrogen-bond donors (Lipinski definition) is 0. The smallest absolute Gasteiger partial charge is 0.241 e. The maximum atomic E-state index is 12.9. The molecule has 0 saturated heterocycles. The van der Waals surface area contributed by atoms with Crippen molar-refractivity contribution in [3.05, 3.63) is 11.9 Å². The highest BCUT2D eigenvalue weighted by Crippen LogP contribution is 2.46. The molecule has 3 nitrogen and oxygen atoms in total. The van der Waals surface area contributed by atoms with Crippen molar-refractivity contribution in [2.75, 3.05) is 0 Å². The number of alkyl halides is 9. The van der Waals surface area contributed by atoms with E-state index in [1.54, 1.807) is 0 Å². The average molecular weight is 348 g/mol. The highest BCUT2D eigenvalue weighted by atomic mass is 19.4. The average Bonchev–Trinajstić information content (AvgIpc) is 2.22. The third-order valence-electron chi connectivity index (χ3n) is 1.31. The lowest BCUT2D eigenvalue weighted by Crippen LogP contribution is -2.50. The molecule has 0 bridgehead atoms. The monoisotopic (exact) mass is 348 g/mol. The fraction of sp³-hybridized carbons (Fsp3) is 0.667. The van der Waals surface area contributed by atoms with Crippen LogP contribution >= 0.6 is 0 Å². The van der Waals surface area contributed by atoms with Gasteiger partial charge in [-0.25, -0.2) is 4.74 Å². The van der Waals surface area contributed by atoms with Crippen molar-refractivity contribution < 1.29 is 67.2 Å². The summed E-state index contributed by atoms with van der Waals surface area (Å²) in [5.41, 5.74) is 0. The van der Waals surface area contributed by atoms with E-state index in [0.717, 1.165) is 0 Å². The number of rotatable bonds is 5. The van der Waals surface area contributed by atoms with Crippen molar-refractivity contribution in [3.63, 3.8) is 0 Å². The van der Waals surface area contributed by atoms with Gasteiger partial charge in [0.05, 0.1) is 0 Å². The largest absolute Gasteiger partial charge is 0.549 e. The number of hydrogen-bond acceptors (Lipinski definition) is 3. The zero-order chi connectivity index (χ0) is 17.3. The van der Waals surface area contributed by atoms with E-state index >= 15 is 0 Å². The van der Waals surface area contributed by atoms with Gasteiger partial charge in [-0.2, -0.15) is 30.7 Å². The van der Waals surface area contributed by atoms with Crippen LogP contribution in [0.3, 0.4) is 0 Å². The molecule has 15 heteroatoms. The molecule has 0 N–H and O–H groups in total. The SMILES string of the molecule is FC(F)=C(F)C(F)(OC(F)(F)OOC(F)(F)F)C(F)(F)F. The van der Waals surface area contributed by atoms with Crippen LogP contribution < -0.4 is 0 Å². The third kappa shape index (κ3) is 5.58. The van der Waals surface area contributed by atoms with Gasteiger partial charge in [-0.05, 0) is 0 Å². The normalized spacial score (nSPS) is 16.6. The summed E-state index contributed by atoms with van der Waals surface area (Å²) in [7, 11) is 0. The minimum absolute atomic E-state index is 1.86. The first-order chi connectivity index (χ1) is 9.02. The van der Waals surface area contributed by atoms with Gasteiger partial charge in [0.15, 0.2) is 0 Å². The summed E-state index contributed by atoms with van der Waals surface area (Å²) in [5, 5.41) is 0. The van der Waals surface area contributed by atoms with Crippen LogP contribution in [0, 0.1) is 0 Å². The Kier molecular flexibility index (Phi) is 5.54. The van der Waals surface area contributed by atoms with Crippen LogP contribution in [-0.4, -0.2) is 24.7 Å². The molecule has 126 valence electrons. The zero-order valence-electron chi connectivity index (χ0n) is 8.76. The second-order valence-electron chi connectivity index (χ2n) is 2.85. The van der Waals surface area contributed by atoms with Crippen LogP contribution in [0.2, 0.25) is 0 Å². The van der Waals surface area contributed by atoms with Gasteiger partial charge >= 0.3 is 30.8 Å². The molecule has 0 aliphatic rings. The van der Waals surface area contributed by atoms with Crippen LogP contribution in [0.1, 0.15) is 0 Å². The van der Waals surface area contributed by atoms with Gasteiger partial charge < -0.3 is 0 Å². The van der Waals surface area contributed by atoms with E-state index in [2.05, 4.69) is 0 Å². The van der Waals surface area contributed by atoms with Crippen LogP contribution in [0.5, 0.6) is 0 Å². The van der Waals surface area contributed by atoms with E-state index in [4.69, 9.17) is 0 Å². The molecule has 1 unspecified atom stereocenters. The van der Waals surface area contributed by atoms with Crippen molar-refractivity contribution >= 4 is 0 Å². The van der Waals surface area contributed by atoms with Gasteiger partial charge in [-0.1, -0.05) is 0 Å². The molecule has 0 heterocycles. The van der Waals surface area contributed by atoms with Crippen LogP contribution in [0.4, 0.5) is 52.7 Å². The molecule has 0 spiro atoms. The Morgan fingerprint density at radius 2 is 1.10 bits per heavy atom. The first-order valence-electron chi connectivity index (χ1n) is 4.00. The number of halogens is 12. The van der Waals surface area contributed by atoms with E-state index in [0.29, 0.717) is 0 Å². The summed E-state index contributed by atoms with van der Waals surface area (Å²) in [6, 6.07) is 0. The standard InChI is InChI=1S/C6F12O3/c7-1(2(8)9)3(10,4(11,12)13)19-6(17,18)21-20-5(14,15)16. The molecule has 0 aromatic carbocycles. The molecule has 0 aliphatic carbocycles. The Balaban J connectivity index is 5.39. The fourth-order valence-electron chi connectivity index (χ4n) is 0.625. The highest BCUT2D eigenvalue weighted by Gasteiger charge is 2.68. The molecule has 0 radical (unpaired) electrons. The van der Waals surface area contributed by atoms with Gasteiger partial charge in [0.2, 0.25) is 5.83 Å². The lowest BCUT2D eigenvalue weighted by molar-refractivity contribution is -0.610. The molecule has 21 heavy (non-hydrogen) atoms. The first-order valence-corrected chi connectivity index (χ1v) is 4.00. The van der Waals surface area contributed by atoms with Crippen molar-refractivity contribution in [2.45, 2.75) is 24.7 Å². The van der Waals surface area contributed by atoms with Gasteiger partial charge in [0.25, 0.3) is 0 Å². The summed E-state index contributed by atoms with van der Waals surface area (Å²) >= 11 is 0. The summed E-state index contributed by atoms with van der Waals surface area (Å²) in [5.74, 6) is -10.6. The first kappa shape index (κ1) is 19.8. The Morgan fingerprint density at radius 3 is 1.38 bits per heavy atom. The molecule has 0 fully saturated rings. The Labute approximate surface area is 105 Å². The lowest BCUT2D eigenvalue weighted by Gasteiger charge is -2.28. The second kappa shape index (κ2) is 5.88. The predicted molar refractivity (Wildman–Crippen MR) is 34.5 cm³/mol. The summed E-state index contributed by atoms with van der Waals surface area (Å²) in [6.45, 7) is 0. The minimum atomic E-state index is -6.86. The summed E-state index contributed by atoms with van der Waals surface area (Å²) < 4.78 is 145. The van der Waals surface area contributed by atoms with E-state index in [9.17, 15) is 52.7 Å². The third-order valence-corrected chi connectivity index (χ3v) is 1.31. The van der Waals surface area contributed by atoms with E-state index in [1.165, 1.54) is 0 Å². The zero-order valence-corrected chi connectivity index (χ0v) is 8.76. The second-order valence-corrected chi connectivity index (χ2v) is 2.85. The van der Waals surface area contributed by atoms with E-state index < -0.39 is 36.6 Å². The lowest BCUT2D eigenvalue weighted by atomic mass is 10.2. The van der Waals surface area contributed by atoms with Crippen molar-refractivity contribution in [2.24, 2.45) is 0 Å². The van der Waals surface area contributed by atoms with Gasteiger partial charge in [0.1, 0.15) is 0 Å². The molecule has 1 atom stereocenters. The summed E-state index contributed by atoms with van der Waals surface area (Å²) in [4.78, 5) is 3.82. The maximum Gasteiger partial charge on any atom is 0.549 e. The Morgan fingerprint density at radius 1 is 0.667 bits per heavy atom. The van der Waals surface area contributed by atoms with Crippen molar-refractivity contribution in [1.82, 2.24) is 0 Å². The van der Waals surface area contributed by atoms with Crippen LogP contribution in [0.15, 0.2) is 11.9 Å². The maximum absolute atomic E-state index is 12.9. The molecular formula is C6F12O3. The molecule has 0 aliphatic heterocycles. The number of ether oxygens (including phenoxy) is 1. The molecular weight excluding hydrogens is 348 g/mol. The highest BCUT2D eigenvalue weighted by molar-refractivity contribution is 5.09. The van der Waals surface area contributed by atoms with Crippen molar-refractivity contribution in [1.29, 1.82) is 0 Å². The molecule has 0 rings (SSSR count). The van der Waals surface area contributed by atoms with Crippen LogP contribution in [-0.2, 0) is 14.5 Å². The molecule has 0 aromatic heterocycles. The molecule has 0 aromatic rings. The van der Waals surface area contributed by atoms with E-state index in [-0.39, 0.29) is 0 Å². The molecule has 0 saturated carbocycles. The topological polar surface area (TPSA) is 27.7 Å². The Hall–Kier alpha value is -1.22. The van der Waals surface area contributed by atoms with Gasteiger partial charge in [-0.15, -0.1) is 31.7 Å².